The number of hydrogen-bond donors (Lipinski definition) is 2. The maximum absolute atomic E-state index is 13.4. The van der Waals surface area contributed by atoms with Gasteiger partial charge in [0.15, 0.2) is 6.04 Å². The number of carbonyl (C=O) groups is 2. The van der Waals surface area contributed by atoms with E-state index in [2.05, 4.69) is 10.2 Å². The van der Waals surface area contributed by atoms with Crippen LogP contribution in [0.15, 0.2) is 83.9 Å². The molecule has 0 radical (unpaired) electrons. The summed E-state index contributed by atoms with van der Waals surface area (Å²) in [6.07, 6.45) is -1.07. The number of nitrogens with zero attached hydrogens (tertiary/aromatic N) is 3. The fraction of sp³-hybridized carbons (Fsp3) is 0.344. The van der Waals surface area contributed by atoms with Crippen molar-refractivity contribution in [1.29, 1.82) is 0 Å². The second kappa shape index (κ2) is 11.6. The molecule has 2 amide bonds. The Hall–Kier alpha value is -4.01. The third kappa shape index (κ3) is 6.41. The van der Waals surface area contributed by atoms with Gasteiger partial charge in [-0.05, 0) is 38.0 Å². The molecule has 0 bridgehead atoms. The summed E-state index contributed by atoms with van der Waals surface area (Å²) >= 11 is 0. The Balaban J connectivity index is 1.34. The number of hydrogen-bond acceptors (Lipinski definition) is 6. The van der Waals surface area contributed by atoms with E-state index in [1.165, 1.54) is 0 Å². The van der Waals surface area contributed by atoms with Crippen molar-refractivity contribution in [3.05, 3.63) is 101 Å². The number of amides is 2. The molecule has 2 atom stereocenters. The molecule has 0 aliphatic carbocycles. The van der Waals surface area contributed by atoms with E-state index >= 15 is 0 Å². The molecule has 2 aliphatic rings. The number of nitrogens with one attached hydrogen (secondary N) is 1. The Labute approximate surface area is 235 Å². The monoisotopic (exact) mass is 540 g/mol. The molecule has 1 fully saturated rings. The van der Waals surface area contributed by atoms with Crippen LogP contribution >= 0.6 is 0 Å². The van der Waals surface area contributed by atoms with Gasteiger partial charge in [0, 0.05) is 43.9 Å². The zero-order valence-electron chi connectivity index (χ0n) is 23.2. The van der Waals surface area contributed by atoms with Crippen molar-refractivity contribution >= 4 is 23.4 Å². The summed E-state index contributed by atoms with van der Waals surface area (Å²) in [6.45, 7) is 8.36. The van der Waals surface area contributed by atoms with E-state index in [9.17, 15) is 14.7 Å². The van der Waals surface area contributed by atoms with Gasteiger partial charge in [-0.25, -0.2) is 4.79 Å². The number of carbonyl (C=O) groups excluding carboxylic acids is 2. The summed E-state index contributed by atoms with van der Waals surface area (Å²) in [7, 11) is 0. The summed E-state index contributed by atoms with van der Waals surface area (Å²) < 4.78 is 5.49. The highest BCUT2D eigenvalue weighted by Gasteiger charge is 2.29. The van der Waals surface area contributed by atoms with E-state index < -0.39 is 17.7 Å². The first-order valence-electron chi connectivity index (χ1n) is 13.7. The topological polar surface area (TPSA) is 94.5 Å². The van der Waals surface area contributed by atoms with Crippen LogP contribution in [0.25, 0.3) is 0 Å². The number of anilines is 1. The highest BCUT2D eigenvalue weighted by Crippen LogP contribution is 2.32. The van der Waals surface area contributed by atoms with Crippen LogP contribution in [0.5, 0.6) is 0 Å². The summed E-state index contributed by atoms with van der Waals surface area (Å²) in [5.74, 6) is -0.219. The Morgan fingerprint density at radius 2 is 1.65 bits per heavy atom. The Kier molecular flexibility index (Phi) is 8.00. The van der Waals surface area contributed by atoms with Gasteiger partial charge < -0.3 is 20.1 Å². The van der Waals surface area contributed by atoms with E-state index in [1.54, 1.807) is 4.90 Å². The summed E-state index contributed by atoms with van der Waals surface area (Å²) in [5, 5.41) is 14.2. The minimum Gasteiger partial charge on any atom is -0.444 e. The zero-order valence-corrected chi connectivity index (χ0v) is 23.2. The van der Waals surface area contributed by atoms with Crippen molar-refractivity contribution in [3.63, 3.8) is 0 Å². The molecule has 40 heavy (non-hydrogen) atoms. The first-order valence-corrected chi connectivity index (χ1v) is 13.7. The SMILES string of the molecule is CC(C)(C)OC(=O)N1CCN(CC(O)c2ccc3c(c2)NC(=O)[C@@H](c2ccccc2)N=C3c2ccccc2)CC1. The molecule has 3 aromatic carbocycles. The number of aliphatic imine (C=N–C) groups is 1. The number of benzodiazepines with no additional fused rings is 1. The first-order chi connectivity index (χ1) is 19.2. The van der Waals surface area contributed by atoms with E-state index in [0.717, 1.165) is 22.4 Å². The molecule has 0 saturated carbocycles. The molecule has 5 rings (SSSR count). The second-order valence-corrected chi connectivity index (χ2v) is 11.2. The molecule has 1 unspecified atom stereocenters. The van der Waals surface area contributed by atoms with Crippen molar-refractivity contribution in [2.24, 2.45) is 4.99 Å². The van der Waals surface area contributed by atoms with Gasteiger partial charge in [0.05, 0.1) is 17.5 Å². The smallest absolute Gasteiger partial charge is 0.410 e. The second-order valence-electron chi connectivity index (χ2n) is 11.2. The normalized spacial score (nSPS) is 18.7. The van der Waals surface area contributed by atoms with Gasteiger partial charge in [0.1, 0.15) is 5.60 Å². The predicted octanol–water partition coefficient (Wildman–Crippen LogP) is 4.80. The maximum Gasteiger partial charge on any atom is 0.410 e. The molecule has 8 nitrogen and oxygen atoms in total. The Bertz CT molecular complexity index is 1380. The molecule has 2 heterocycles. The van der Waals surface area contributed by atoms with Gasteiger partial charge in [-0.15, -0.1) is 0 Å². The number of fused-ring (bicyclic) bond motifs is 1. The van der Waals surface area contributed by atoms with Gasteiger partial charge in [0.25, 0.3) is 5.91 Å². The van der Waals surface area contributed by atoms with Crippen molar-refractivity contribution in [2.75, 3.05) is 38.0 Å². The van der Waals surface area contributed by atoms with Crippen molar-refractivity contribution in [1.82, 2.24) is 9.80 Å². The summed E-state index contributed by atoms with van der Waals surface area (Å²) in [6, 6.07) is 24.3. The third-order valence-corrected chi connectivity index (χ3v) is 7.07. The number of piperazine rings is 1. The van der Waals surface area contributed by atoms with Crippen LogP contribution in [0.4, 0.5) is 10.5 Å². The number of aliphatic hydroxyl groups is 1. The van der Waals surface area contributed by atoms with Crippen LogP contribution in [0.1, 0.15) is 55.2 Å². The maximum atomic E-state index is 13.4. The molecule has 8 heteroatoms. The number of ether oxygens (including phenoxy) is 1. The number of benzene rings is 3. The first kappa shape index (κ1) is 27.6. The van der Waals surface area contributed by atoms with E-state index in [-0.39, 0.29) is 12.0 Å². The van der Waals surface area contributed by atoms with Gasteiger partial charge in [-0.3, -0.25) is 14.7 Å². The summed E-state index contributed by atoms with van der Waals surface area (Å²) in [5.41, 5.74) is 4.06. The molecule has 1 saturated heterocycles. The average Bonchev–Trinajstić information content (AvgIpc) is 3.09. The minimum atomic E-state index is -0.763. The standard InChI is InChI=1S/C32H36N4O4/c1-32(2,3)40-31(39)36-18-16-35(17-19-36)21-27(37)24-14-15-25-26(20-24)33-30(38)29(23-12-8-5-9-13-23)34-28(25)22-10-6-4-7-11-22/h4-15,20,27,29,37H,16-19,21H2,1-3H3,(H,33,38)/t27?,29-/m1/s1. The third-order valence-electron chi connectivity index (χ3n) is 7.07. The van der Waals surface area contributed by atoms with Crippen LogP contribution in [0.2, 0.25) is 0 Å². The number of β-amino-alcohol motifs (C(OH)–C–C–N with tert-alkyl or cyclic N) is 1. The highest BCUT2D eigenvalue weighted by atomic mass is 16.6. The van der Waals surface area contributed by atoms with Crippen molar-refractivity contribution < 1.29 is 19.4 Å². The van der Waals surface area contributed by atoms with E-state index in [0.29, 0.717) is 44.0 Å². The lowest BCUT2D eigenvalue weighted by Crippen LogP contribution is -2.50. The highest BCUT2D eigenvalue weighted by molar-refractivity contribution is 6.19. The molecule has 2 aliphatic heterocycles. The Morgan fingerprint density at radius 1 is 1.00 bits per heavy atom. The molecule has 2 N–H and O–H groups in total. The Morgan fingerprint density at radius 3 is 2.30 bits per heavy atom. The van der Waals surface area contributed by atoms with Crippen LogP contribution in [-0.2, 0) is 9.53 Å². The fourth-order valence-corrected chi connectivity index (χ4v) is 5.01. The average molecular weight is 541 g/mol. The van der Waals surface area contributed by atoms with Gasteiger partial charge >= 0.3 is 6.09 Å². The molecular weight excluding hydrogens is 504 g/mol. The minimum absolute atomic E-state index is 0.219. The number of aliphatic hydroxyl groups excluding tert-OH is 1. The zero-order chi connectivity index (χ0) is 28.3. The quantitative estimate of drug-likeness (QED) is 0.485. The van der Waals surface area contributed by atoms with Gasteiger partial charge in [0.2, 0.25) is 0 Å². The van der Waals surface area contributed by atoms with E-state index in [4.69, 9.17) is 9.73 Å². The van der Waals surface area contributed by atoms with Crippen LogP contribution < -0.4 is 5.32 Å². The molecule has 3 aromatic rings. The van der Waals surface area contributed by atoms with Gasteiger partial charge in [-0.2, -0.15) is 0 Å². The largest absolute Gasteiger partial charge is 0.444 e. The van der Waals surface area contributed by atoms with Crippen LogP contribution in [0.3, 0.4) is 0 Å². The lowest BCUT2D eigenvalue weighted by atomic mass is 9.97. The fourth-order valence-electron chi connectivity index (χ4n) is 5.01. The molecule has 0 spiro atoms. The summed E-state index contributed by atoms with van der Waals surface area (Å²) in [4.78, 5) is 34.6. The lowest BCUT2D eigenvalue weighted by Gasteiger charge is -2.36. The molecule has 0 aromatic heterocycles. The van der Waals surface area contributed by atoms with Crippen molar-refractivity contribution in [2.45, 2.75) is 38.5 Å². The molecular formula is C32H36N4O4. The van der Waals surface area contributed by atoms with Crippen LogP contribution in [-0.4, -0.2) is 70.9 Å². The van der Waals surface area contributed by atoms with Crippen LogP contribution in [0, 0.1) is 0 Å². The van der Waals surface area contributed by atoms with E-state index in [1.807, 2.05) is 99.6 Å². The number of rotatable bonds is 5. The lowest BCUT2D eigenvalue weighted by molar-refractivity contribution is -0.117. The van der Waals surface area contributed by atoms with Gasteiger partial charge in [-0.1, -0.05) is 72.8 Å². The van der Waals surface area contributed by atoms with Crippen molar-refractivity contribution in [3.8, 4) is 0 Å². The molecule has 208 valence electrons. The predicted molar refractivity (Wildman–Crippen MR) is 156 cm³/mol.